The van der Waals surface area contributed by atoms with E-state index in [-0.39, 0.29) is 0 Å². The molecule has 0 atom stereocenters. The molecule has 0 amide bonds. The molecule has 0 aliphatic rings. The van der Waals surface area contributed by atoms with E-state index in [0.717, 1.165) is 21.4 Å². The molecule has 0 unspecified atom stereocenters. The number of benzene rings is 2. The van der Waals surface area contributed by atoms with Crippen LogP contribution in [0.5, 0.6) is 17.2 Å². The van der Waals surface area contributed by atoms with Gasteiger partial charge < -0.3 is 18.8 Å². The molecular formula is C19H18BrNO3. The summed E-state index contributed by atoms with van der Waals surface area (Å²) in [7, 11) is 4.84. The highest BCUT2D eigenvalue weighted by atomic mass is 79.9. The second-order valence-electron chi connectivity index (χ2n) is 5.15. The molecule has 0 saturated heterocycles. The Bertz CT molecular complexity index is 815. The molecule has 0 saturated carbocycles. The van der Waals surface area contributed by atoms with E-state index < -0.39 is 0 Å². The van der Waals surface area contributed by atoms with E-state index in [1.807, 2.05) is 36.5 Å². The van der Waals surface area contributed by atoms with Crippen molar-refractivity contribution in [1.29, 1.82) is 0 Å². The Morgan fingerprint density at radius 1 is 0.833 bits per heavy atom. The second-order valence-corrected chi connectivity index (χ2v) is 6.07. The lowest BCUT2D eigenvalue weighted by molar-refractivity contribution is 0.324. The highest BCUT2D eigenvalue weighted by Gasteiger charge is 2.16. The molecule has 3 rings (SSSR count). The monoisotopic (exact) mass is 387 g/mol. The summed E-state index contributed by atoms with van der Waals surface area (Å²) in [5, 5.41) is 0. The molecule has 0 N–H and O–H groups in total. The predicted molar refractivity (Wildman–Crippen MR) is 98.6 cm³/mol. The quantitative estimate of drug-likeness (QED) is 0.621. The smallest absolute Gasteiger partial charge is 0.203 e. The summed E-state index contributed by atoms with van der Waals surface area (Å²) >= 11 is 3.47. The summed E-state index contributed by atoms with van der Waals surface area (Å²) in [6.07, 6.45) is 2.03. The van der Waals surface area contributed by atoms with Crippen molar-refractivity contribution in [2.75, 3.05) is 21.3 Å². The standard InChI is InChI=1S/C19H18BrNO3/c1-22-17-11-13(12-18(23-2)19(17)24-3)16-5-4-10-21(16)15-8-6-14(20)7-9-15/h4-12H,1-3H3. The van der Waals surface area contributed by atoms with Crippen LogP contribution in [0.15, 0.2) is 59.2 Å². The minimum atomic E-state index is 0.588. The van der Waals surface area contributed by atoms with E-state index in [1.54, 1.807) is 21.3 Å². The normalized spacial score (nSPS) is 10.5. The van der Waals surface area contributed by atoms with Crippen molar-refractivity contribution in [3.63, 3.8) is 0 Å². The number of hydrogen-bond donors (Lipinski definition) is 0. The summed E-state index contributed by atoms with van der Waals surface area (Å²) in [6.45, 7) is 0. The molecule has 1 heterocycles. The van der Waals surface area contributed by atoms with E-state index in [2.05, 4.69) is 38.7 Å². The number of rotatable bonds is 5. The van der Waals surface area contributed by atoms with Crippen LogP contribution in [0.3, 0.4) is 0 Å². The first-order chi connectivity index (χ1) is 11.7. The fourth-order valence-corrected chi connectivity index (χ4v) is 2.94. The first-order valence-electron chi connectivity index (χ1n) is 7.41. The maximum absolute atomic E-state index is 5.46. The van der Waals surface area contributed by atoms with Gasteiger partial charge in [0.2, 0.25) is 5.75 Å². The second kappa shape index (κ2) is 7.01. The highest BCUT2D eigenvalue weighted by molar-refractivity contribution is 9.10. The maximum atomic E-state index is 5.46. The van der Waals surface area contributed by atoms with Crippen molar-refractivity contribution in [2.45, 2.75) is 0 Å². The average molecular weight is 388 g/mol. The zero-order valence-corrected chi connectivity index (χ0v) is 15.3. The lowest BCUT2D eigenvalue weighted by Crippen LogP contribution is -1.98. The van der Waals surface area contributed by atoms with Crippen LogP contribution in [-0.2, 0) is 0 Å². The first-order valence-corrected chi connectivity index (χ1v) is 8.21. The van der Waals surface area contributed by atoms with Crippen molar-refractivity contribution in [1.82, 2.24) is 4.57 Å². The number of hydrogen-bond acceptors (Lipinski definition) is 3. The van der Waals surface area contributed by atoms with E-state index in [4.69, 9.17) is 14.2 Å². The van der Waals surface area contributed by atoms with Crippen molar-refractivity contribution in [2.24, 2.45) is 0 Å². The molecule has 4 nitrogen and oxygen atoms in total. The summed E-state index contributed by atoms with van der Waals surface area (Å²) < 4.78 is 19.5. The van der Waals surface area contributed by atoms with Crippen LogP contribution in [-0.4, -0.2) is 25.9 Å². The van der Waals surface area contributed by atoms with Gasteiger partial charge in [0.15, 0.2) is 11.5 Å². The summed E-state index contributed by atoms with van der Waals surface area (Å²) in [5.74, 6) is 1.86. The van der Waals surface area contributed by atoms with Crippen LogP contribution in [0.4, 0.5) is 0 Å². The van der Waals surface area contributed by atoms with Crippen molar-refractivity contribution < 1.29 is 14.2 Å². The van der Waals surface area contributed by atoms with Gasteiger partial charge in [0, 0.05) is 21.9 Å². The molecule has 0 aliphatic heterocycles. The van der Waals surface area contributed by atoms with Gasteiger partial charge in [-0.05, 0) is 48.5 Å². The largest absolute Gasteiger partial charge is 0.493 e. The minimum Gasteiger partial charge on any atom is -0.493 e. The van der Waals surface area contributed by atoms with Gasteiger partial charge in [0.05, 0.1) is 27.0 Å². The van der Waals surface area contributed by atoms with Crippen LogP contribution >= 0.6 is 15.9 Å². The molecule has 5 heteroatoms. The molecule has 124 valence electrons. The lowest BCUT2D eigenvalue weighted by Gasteiger charge is -2.15. The molecule has 0 spiro atoms. The number of methoxy groups -OCH3 is 3. The topological polar surface area (TPSA) is 32.6 Å². The third-order valence-corrected chi connectivity index (χ3v) is 4.34. The average Bonchev–Trinajstić information content (AvgIpc) is 3.10. The number of nitrogens with zero attached hydrogens (tertiary/aromatic N) is 1. The fraction of sp³-hybridized carbons (Fsp3) is 0.158. The van der Waals surface area contributed by atoms with E-state index >= 15 is 0 Å². The first kappa shape index (κ1) is 16.5. The molecule has 1 aromatic heterocycles. The Hall–Kier alpha value is -2.40. The van der Waals surface area contributed by atoms with Gasteiger partial charge >= 0.3 is 0 Å². The minimum absolute atomic E-state index is 0.588. The molecule has 24 heavy (non-hydrogen) atoms. The van der Waals surface area contributed by atoms with Gasteiger partial charge in [-0.1, -0.05) is 15.9 Å². The van der Waals surface area contributed by atoms with Crippen molar-refractivity contribution >= 4 is 15.9 Å². The van der Waals surface area contributed by atoms with Gasteiger partial charge in [-0.2, -0.15) is 0 Å². The zero-order valence-electron chi connectivity index (χ0n) is 13.7. The molecule has 0 aliphatic carbocycles. The molecule has 2 aromatic carbocycles. The molecule has 0 bridgehead atoms. The Morgan fingerprint density at radius 2 is 1.46 bits per heavy atom. The Kier molecular flexibility index (Phi) is 4.81. The maximum Gasteiger partial charge on any atom is 0.203 e. The Morgan fingerprint density at radius 3 is 2.00 bits per heavy atom. The van der Waals surface area contributed by atoms with E-state index in [1.165, 1.54) is 0 Å². The van der Waals surface area contributed by atoms with E-state index in [0.29, 0.717) is 17.2 Å². The van der Waals surface area contributed by atoms with Crippen LogP contribution in [0.2, 0.25) is 0 Å². The van der Waals surface area contributed by atoms with Gasteiger partial charge in [-0.15, -0.1) is 0 Å². The van der Waals surface area contributed by atoms with Crippen LogP contribution in [0, 0.1) is 0 Å². The van der Waals surface area contributed by atoms with Gasteiger partial charge in [0.25, 0.3) is 0 Å². The van der Waals surface area contributed by atoms with E-state index in [9.17, 15) is 0 Å². The number of aromatic nitrogens is 1. The van der Waals surface area contributed by atoms with Crippen molar-refractivity contribution in [3.8, 4) is 34.2 Å². The van der Waals surface area contributed by atoms with Crippen LogP contribution in [0.1, 0.15) is 0 Å². The fourth-order valence-electron chi connectivity index (χ4n) is 2.67. The Balaban J connectivity index is 2.14. The molecule has 0 radical (unpaired) electrons. The zero-order chi connectivity index (χ0) is 17.1. The highest BCUT2D eigenvalue weighted by Crippen LogP contribution is 2.41. The van der Waals surface area contributed by atoms with Gasteiger partial charge in [0.1, 0.15) is 0 Å². The third-order valence-electron chi connectivity index (χ3n) is 3.81. The lowest BCUT2D eigenvalue weighted by atomic mass is 10.1. The number of halogens is 1. The predicted octanol–water partition coefficient (Wildman–Crippen LogP) is 4.93. The molecular weight excluding hydrogens is 370 g/mol. The Labute approximate surface area is 149 Å². The number of ether oxygens (including phenoxy) is 3. The van der Waals surface area contributed by atoms with Gasteiger partial charge in [-0.3, -0.25) is 0 Å². The molecule has 3 aromatic rings. The molecule has 0 fully saturated rings. The summed E-state index contributed by atoms with van der Waals surface area (Å²) in [6, 6.07) is 16.1. The van der Waals surface area contributed by atoms with Crippen LogP contribution < -0.4 is 14.2 Å². The van der Waals surface area contributed by atoms with Crippen LogP contribution in [0.25, 0.3) is 16.9 Å². The summed E-state index contributed by atoms with van der Waals surface area (Å²) in [4.78, 5) is 0. The summed E-state index contributed by atoms with van der Waals surface area (Å²) in [5.41, 5.74) is 3.10. The third kappa shape index (κ3) is 2.99. The van der Waals surface area contributed by atoms with Crippen molar-refractivity contribution in [3.05, 3.63) is 59.2 Å². The SMILES string of the molecule is COc1cc(-c2cccn2-c2ccc(Br)cc2)cc(OC)c1OC. The van der Waals surface area contributed by atoms with Gasteiger partial charge in [-0.25, -0.2) is 0 Å².